The molecule has 0 heterocycles. The quantitative estimate of drug-likeness (QED) is 0.806. The number of benzene rings is 2. The molecule has 3 rings (SSSR count). The number of anilines is 1. The molecule has 0 aliphatic heterocycles. The summed E-state index contributed by atoms with van der Waals surface area (Å²) in [4.78, 5) is 24.2. The molecule has 0 bridgehead atoms. The standard InChI is InChI=1S/C22H25NO3/c1-3-17-7-4-6-15(2)22(17)23-20(24)14-26-21(25)13-16-10-11-18-8-5-9-19(18)12-16/h4,6-7,10-12H,3,5,8-9,13-14H2,1-2H3,(H,23,24). The van der Waals surface area contributed by atoms with E-state index in [-0.39, 0.29) is 24.9 Å². The van der Waals surface area contributed by atoms with Crippen LogP contribution in [-0.4, -0.2) is 18.5 Å². The van der Waals surface area contributed by atoms with Gasteiger partial charge >= 0.3 is 5.97 Å². The van der Waals surface area contributed by atoms with Crippen LogP contribution in [0.5, 0.6) is 0 Å². The van der Waals surface area contributed by atoms with Crippen molar-refractivity contribution in [1.29, 1.82) is 0 Å². The second-order valence-electron chi connectivity index (χ2n) is 6.80. The van der Waals surface area contributed by atoms with Gasteiger partial charge in [-0.25, -0.2) is 0 Å². The summed E-state index contributed by atoms with van der Waals surface area (Å²) in [6.07, 6.45) is 4.41. The number of amides is 1. The van der Waals surface area contributed by atoms with Gasteiger partial charge in [0.15, 0.2) is 6.61 Å². The smallest absolute Gasteiger partial charge is 0.310 e. The summed E-state index contributed by atoms with van der Waals surface area (Å²) in [6, 6.07) is 12.1. The summed E-state index contributed by atoms with van der Waals surface area (Å²) in [6.45, 7) is 3.73. The molecule has 0 fully saturated rings. The SMILES string of the molecule is CCc1cccc(C)c1NC(=O)COC(=O)Cc1ccc2c(c1)CCC2. The summed E-state index contributed by atoms with van der Waals surface area (Å²) in [7, 11) is 0. The number of esters is 1. The van der Waals surface area contributed by atoms with Crippen LogP contribution in [-0.2, 0) is 40.0 Å². The minimum Gasteiger partial charge on any atom is -0.455 e. The van der Waals surface area contributed by atoms with Crippen molar-refractivity contribution < 1.29 is 14.3 Å². The van der Waals surface area contributed by atoms with Gasteiger partial charge in [-0.3, -0.25) is 9.59 Å². The van der Waals surface area contributed by atoms with Crippen molar-refractivity contribution in [2.24, 2.45) is 0 Å². The highest BCUT2D eigenvalue weighted by Gasteiger charge is 2.14. The molecule has 0 saturated carbocycles. The molecule has 0 saturated heterocycles. The Morgan fingerprint density at radius 1 is 1.12 bits per heavy atom. The van der Waals surface area contributed by atoms with E-state index in [0.717, 1.165) is 41.6 Å². The molecule has 4 heteroatoms. The third-order valence-electron chi connectivity index (χ3n) is 4.88. The molecule has 0 spiro atoms. The summed E-state index contributed by atoms with van der Waals surface area (Å²) in [5.74, 6) is -0.685. The van der Waals surface area contributed by atoms with Gasteiger partial charge in [-0.2, -0.15) is 0 Å². The Balaban J connectivity index is 1.52. The second-order valence-corrected chi connectivity index (χ2v) is 6.80. The van der Waals surface area contributed by atoms with Gasteiger partial charge in [0.1, 0.15) is 0 Å². The van der Waals surface area contributed by atoms with E-state index in [2.05, 4.69) is 17.4 Å². The van der Waals surface area contributed by atoms with Crippen molar-refractivity contribution >= 4 is 17.6 Å². The molecule has 2 aromatic rings. The van der Waals surface area contributed by atoms with Gasteiger partial charge in [-0.05, 0) is 60.4 Å². The number of ether oxygens (including phenoxy) is 1. The molecule has 1 aliphatic carbocycles. The van der Waals surface area contributed by atoms with Crippen molar-refractivity contribution in [2.75, 3.05) is 11.9 Å². The van der Waals surface area contributed by atoms with Gasteiger partial charge in [0.25, 0.3) is 5.91 Å². The fraction of sp³-hybridized carbons (Fsp3) is 0.364. The van der Waals surface area contributed by atoms with E-state index < -0.39 is 0 Å². The molecule has 0 radical (unpaired) electrons. The zero-order chi connectivity index (χ0) is 18.5. The number of aryl methyl sites for hydroxylation is 4. The maximum atomic E-state index is 12.2. The predicted molar refractivity (Wildman–Crippen MR) is 102 cm³/mol. The van der Waals surface area contributed by atoms with Crippen molar-refractivity contribution in [2.45, 2.75) is 46.0 Å². The summed E-state index contributed by atoms with van der Waals surface area (Å²) >= 11 is 0. The molecule has 2 aromatic carbocycles. The van der Waals surface area contributed by atoms with E-state index in [4.69, 9.17) is 4.74 Å². The maximum absolute atomic E-state index is 12.2. The highest BCUT2D eigenvalue weighted by atomic mass is 16.5. The van der Waals surface area contributed by atoms with Gasteiger partial charge in [0.2, 0.25) is 0 Å². The van der Waals surface area contributed by atoms with Crippen LogP contribution in [0.2, 0.25) is 0 Å². The number of fused-ring (bicyclic) bond motifs is 1. The highest BCUT2D eigenvalue weighted by molar-refractivity contribution is 5.94. The van der Waals surface area contributed by atoms with E-state index in [1.807, 2.05) is 38.1 Å². The average molecular weight is 351 g/mol. The predicted octanol–water partition coefficient (Wildman–Crippen LogP) is 3.77. The Morgan fingerprint density at radius 3 is 2.73 bits per heavy atom. The van der Waals surface area contributed by atoms with Crippen molar-refractivity contribution in [1.82, 2.24) is 0 Å². The Hall–Kier alpha value is -2.62. The first-order valence-corrected chi connectivity index (χ1v) is 9.21. The van der Waals surface area contributed by atoms with Crippen molar-refractivity contribution in [3.05, 3.63) is 64.2 Å². The third kappa shape index (κ3) is 4.31. The lowest BCUT2D eigenvalue weighted by Gasteiger charge is -2.13. The Labute approximate surface area is 154 Å². The number of rotatable bonds is 6. The fourth-order valence-electron chi connectivity index (χ4n) is 3.48. The summed E-state index contributed by atoms with van der Waals surface area (Å²) in [5.41, 5.74) is 6.55. The maximum Gasteiger partial charge on any atom is 0.310 e. The van der Waals surface area contributed by atoms with Crippen LogP contribution in [0, 0.1) is 6.92 Å². The number of carbonyl (C=O) groups excluding carboxylic acids is 2. The first kappa shape index (κ1) is 18.2. The zero-order valence-corrected chi connectivity index (χ0v) is 15.4. The number of hydrogen-bond donors (Lipinski definition) is 1. The first-order valence-electron chi connectivity index (χ1n) is 9.21. The van der Waals surface area contributed by atoms with Crippen LogP contribution < -0.4 is 5.32 Å². The Morgan fingerprint density at radius 2 is 1.92 bits per heavy atom. The van der Waals surface area contributed by atoms with Gasteiger partial charge < -0.3 is 10.1 Å². The van der Waals surface area contributed by atoms with E-state index in [9.17, 15) is 9.59 Å². The van der Waals surface area contributed by atoms with Crippen LogP contribution in [0.15, 0.2) is 36.4 Å². The third-order valence-corrected chi connectivity index (χ3v) is 4.88. The lowest BCUT2D eigenvalue weighted by Crippen LogP contribution is -2.22. The van der Waals surface area contributed by atoms with Crippen LogP contribution >= 0.6 is 0 Å². The lowest BCUT2D eigenvalue weighted by atomic mass is 10.0. The summed E-state index contributed by atoms with van der Waals surface area (Å²) in [5, 5.41) is 2.87. The van der Waals surface area contributed by atoms with E-state index in [0.29, 0.717) is 0 Å². The van der Waals surface area contributed by atoms with Crippen molar-refractivity contribution in [3.8, 4) is 0 Å². The molecule has 136 valence electrons. The largest absolute Gasteiger partial charge is 0.455 e. The number of hydrogen-bond acceptors (Lipinski definition) is 3. The van der Waals surface area contributed by atoms with Gasteiger partial charge in [-0.1, -0.05) is 43.3 Å². The molecule has 1 N–H and O–H groups in total. The first-order chi connectivity index (χ1) is 12.6. The van der Waals surface area contributed by atoms with E-state index >= 15 is 0 Å². The van der Waals surface area contributed by atoms with Crippen LogP contribution in [0.25, 0.3) is 0 Å². The Kier molecular flexibility index (Phi) is 5.71. The minimum absolute atomic E-state index is 0.200. The van der Waals surface area contributed by atoms with Crippen LogP contribution in [0.4, 0.5) is 5.69 Å². The molecular weight excluding hydrogens is 326 g/mol. The monoisotopic (exact) mass is 351 g/mol. The second kappa shape index (κ2) is 8.17. The van der Waals surface area contributed by atoms with Crippen LogP contribution in [0.3, 0.4) is 0 Å². The zero-order valence-electron chi connectivity index (χ0n) is 15.4. The number of nitrogens with one attached hydrogen (secondary N) is 1. The van der Waals surface area contributed by atoms with Gasteiger partial charge in [0.05, 0.1) is 6.42 Å². The topological polar surface area (TPSA) is 55.4 Å². The van der Waals surface area contributed by atoms with Crippen molar-refractivity contribution in [3.63, 3.8) is 0 Å². The van der Waals surface area contributed by atoms with E-state index in [1.165, 1.54) is 17.5 Å². The fourth-order valence-corrected chi connectivity index (χ4v) is 3.48. The normalized spacial score (nSPS) is 12.5. The Bertz CT molecular complexity index is 826. The lowest BCUT2D eigenvalue weighted by molar-refractivity contribution is -0.146. The molecule has 0 unspecified atom stereocenters. The number of para-hydroxylation sites is 1. The molecule has 4 nitrogen and oxygen atoms in total. The summed E-state index contributed by atoms with van der Waals surface area (Å²) < 4.78 is 5.16. The molecule has 1 aliphatic rings. The highest BCUT2D eigenvalue weighted by Crippen LogP contribution is 2.23. The molecule has 26 heavy (non-hydrogen) atoms. The van der Waals surface area contributed by atoms with Gasteiger partial charge in [-0.15, -0.1) is 0 Å². The van der Waals surface area contributed by atoms with E-state index in [1.54, 1.807) is 0 Å². The molecule has 0 atom stereocenters. The minimum atomic E-state index is -0.376. The van der Waals surface area contributed by atoms with Crippen LogP contribution in [0.1, 0.15) is 41.2 Å². The average Bonchev–Trinajstić information content (AvgIpc) is 3.09. The molecular formula is C22H25NO3. The molecule has 0 aromatic heterocycles. The number of carbonyl (C=O) groups is 2. The van der Waals surface area contributed by atoms with Gasteiger partial charge in [0, 0.05) is 5.69 Å². The molecule has 1 amide bonds.